The Kier molecular flexibility index (Phi) is 3.79. The van der Waals surface area contributed by atoms with E-state index in [1.165, 1.54) is 5.56 Å². The first-order chi connectivity index (χ1) is 4.22. The number of hydrogen-bond acceptors (Lipinski definition) is 2. The summed E-state index contributed by atoms with van der Waals surface area (Å²) in [6, 6.07) is 1.95. The number of nitrogens with two attached hydrogens (primary N) is 1. The summed E-state index contributed by atoms with van der Waals surface area (Å²) in [5.74, 6) is 0.634. The molecule has 1 aromatic rings. The van der Waals surface area contributed by atoms with Crippen molar-refractivity contribution in [1.82, 2.24) is 4.98 Å². The van der Waals surface area contributed by atoms with Crippen LogP contribution in [0.2, 0.25) is 0 Å². The van der Waals surface area contributed by atoms with E-state index in [1.807, 2.05) is 19.9 Å². The van der Waals surface area contributed by atoms with Crippen molar-refractivity contribution in [2.24, 2.45) is 0 Å². The van der Waals surface area contributed by atoms with Crippen molar-refractivity contribution in [1.29, 1.82) is 0 Å². The molecule has 0 unspecified atom stereocenters. The zero-order valence-corrected chi connectivity index (χ0v) is 9.77. The van der Waals surface area contributed by atoms with Gasteiger partial charge in [-0.3, -0.25) is 0 Å². The zero-order valence-electron chi connectivity index (χ0n) is 6.18. The maximum Gasteiger partial charge on any atom is 0.126 e. The smallest absolute Gasteiger partial charge is 0.126 e. The van der Waals surface area contributed by atoms with Crippen LogP contribution in [-0.4, -0.2) is 4.98 Å². The third-order valence-corrected chi connectivity index (χ3v) is 1.51. The molecule has 0 saturated carbocycles. The average molecular weight is 301 g/mol. The molecule has 1 aromatic heterocycles. The van der Waals surface area contributed by atoms with Crippen molar-refractivity contribution >= 4 is 5.82 Å². The van der Waals surface area contributed by atoms with Crippen molar-refractivity contribution < 1.29 is 25.8 Å². The SMILES string of the molecule is Cc1ccnc(N)c1C.[Hf]. The summed E-state index contributed by atoms with van der Waals surface area (Å²) < 4.78 is 0. The summed E-state index contributed by atoms with van der Waals surface area (Å²) in [5.41, 5.74) is 7.79. The number of nitrogen functional groups attached to an aromatic ring is 1. The molecule has 0 atom stereocenters. The summed E-state index contributed by atoms with van der Waals surface area (Å²) in [5, 5.41) is 0. The zero-order chi connectivity index (χ0) is 6.85. The molecule has 1 heterocycles. The monoisotopic (exact) mass is 302 g/mol. The Morgan fingerprint density at radius 2 is 2.00 bits per heavy atom. The quantitative estimate of drug-likeness (QED) is 0.733. The van der Waals surface area contributed by atoms with Gasteiger partial charge < -0.3 is 5.73 Å². The molecule has 2 nitrogen and oxygen atoms in total. The van der Waals surface area contributed by atoms with Crippen LogP contribution in [0.4, 0.5) is 5.82 Å². The Bertz CT molecular complexity index is 203. The van der Waals surface area contributed by atoms with Crippen molar-refractivity contribution in [3.05, 3.63) is 23.4 Å². The molecule has 0 aliphatic rings. The van der Waals surface area contributed by atoms with Gasteiger partial charge in [0.25, 0.3) is 0 Å². The third kappa shape index (κ3) is 1.90. The van der Waals surface area contributed by atoms with Gasteiger partial charge in [0, 0.05) is 32.0 Å². The molecule has 10 heavy (non-hydrogen) atoms. The van der Waals surface area contributed by atoms with E-state index in [0.29, 0.717) is 5.82 Å². The van der Waals surface area contributed by atoms with Crippen molar-refractivity contribution in [3.63, 3.8) is 0 Å². The van der Waals surface area contributed by atoms with E-state index in [0.717, 1.165) is 5.56 Å². The van der Waals surface area contributed by atoms with Crippen LogP contribution in [0, 0.1) is 13.8 Å². The molecule has 1 rings (SSSR count). The van der Waals surface area contributed by atoms with Crippen LogP contribution >= 0.6 is 0 Å². The molecule has 0 aliphatic heterocycles. The number of rotatable bonds is 0. The third-order valence-electron chi connectivity index (χ3n) is 1.51. The normalized spacial score (nSPS) is 8.60. The molecule has 0 radical (unpaired) electrons. The molecule has 3 heteroatoms. The predicted octanol–water partition coefficient (Wildman–Crippen LogP) is 1.28. The second-order valence-electron chi connectivity index (χ2n) is 2.14. The van der Waals surface area contributed by atoms with Gasteiger partial charge in [-0.05, 0) is 31.0 Å². The summed E-state index contributed by atoms with van der Waals surface area (Å²) in [6.45, 7) is 3.99. The molecule has 0 spiro atoms. The number of aryl methyl sites for hydroxylation is 1. The van der Waals surface area contributed by atoms with Crippen molar-refractivity contribution in [2.75, 3.05) is 5.73 Å². The number of pyridine rings is 1. The van der Waals surface area contributed by atoms with Gasteiger partial charge in [0.05, 0.1) is 0 Å². The van der Waals surface area contributed by atoms with Crippen LogP contribution in [0.25, 0.3) is 0 Å². The van der Waals surface area contributed by atoms with Gasteiger partial charge in [-0.15, -0.1) is 0 Å². The summed E-state index contributed by atoms with van der Waals surface area (Å²) in [7, 11) is 0. The first-order valence-corrected chi connectivity index (χ1v) is 2.89. The van der Waals surface area contributed by atoms with Gasteiger partial charge in [0.1, 0.15) is 5.82 Å². The number of hydrogen-bond donors (Lipinski definition) is 1. The first kappa shape index (κ1) is 9.82. The van der Waals surface area contributed by atoms with Crippen LogP contribution in [-0.2, 0) is 25.8 Å². The van der Waals surface area contributed by atoms with Crippen molar-refractivity contribution in [2.45, 2.75) is 13.8 Å². The van der Waals surface area contributed by atoms with Crippen LogP contribution in [0.15, 0.2) is 12.3 Å². The van der Waals surface area contributed by atoms with E-state index in [2.05, 4.69) is 4.98 Å². The van der Waals surface area contributed by atoms with Crippen LogP contribution < -0.4 is 5.73 Å². The minimum absolute atomic E-state index is 0. The Balaban J connectivity index is 0.000000810. The second-order valence-corrected chi connectivity index (χ2v) is 2.14. The standard InChI is InChI=1S/C7H10N2.Hf/c1-5-3-4-9-7(8)6(5)2;/h3-4H,1-2H3,(H2,8,9);. The van der Waals surface area contributed by atoms with Crippen LogP contribution in [0.1, 0.15) is 11.1 Å². The first-order valence-electron chi connectivity index (χ1n) is 2.89. The Labute approximate surface area is 79.6 Å². The van der Waals surface area contributed by atoms with E-state index < -0.39 is 0 Å². The van der Waals surface area contributed by atoms with Crippen LogP contribution in [0.3, 0.4) is 0 Å². The minimum Gasteiger partial charge on any atom is -0.383 e. The van der Waals surface area contributed by atoms with Crippen molar-refractivity contribution in [3.8, 4) is 0 Å². The van der Waals surface area contributed by atoms with Gasteiger partial charge in [-0.25, -0.2) is 4.98 Å². The maximum absolute atomic E-state index is 5.51. The van der Waals surface area contributed by atoms with E-state index in [9.17, 15) is 0 Å². The molecular weight excluding hydrogens is 291 g/mol. The summed E-state index contributed by atoms with van der Waals surface area (Å²) >= 11 is 0. The topological polar surface area (TPSA) is 38.9 Å². The number of aromatic nitrogens is 1. The van der Waals surface area contributed by atoms with Gasteiger partial charge in [0.2, 0.25) is 0 Å². The summed E-state index contributed by atoms with van der Waals surface area (Å²) in [4.78, 5) is 3.92. The molecule has 52 valence electrons. The fourth-order valence-electron chi connectivity index (χ4n) is 0.653. The Morgan fingerprint density at radius 1 is 1.40 bits per heavy atom. The molecule has 0 aromatic carbocycles. The molecule has 0 aliphatic carbocycles. The van der Waals surface area contributed by atoms with Crippen LogP contribution in [0.5, 0.6) is 0 Å². The van der Waals surface area contributed by atoms with Gasteiger partial charge in [-0.2, -0.15) is 0 Å². The molecular formula is C7H10HfN2. The fourth-order valence-corrected chi connectivity index (χ4v) is 0.653. The molecule has 2 N–H and O–H groups in total. The van der Waals surface area contributed by atoms with Gasteiger partial charge in [0.15, 0.2) is 0 Å². The fraction of sp³-hybridized carbons (Fsp3) is 0.286. The maximum atomic E-state index is 5.51. The Hall–Kier alpha value is -0.180. The van der Waals surface area contributed by atoms with E-state index in [-0.39, 0.29) is 25.8 Å². The van der Waals surface area contributed by atoms with E-state index in [1.54, 1.807) is 6.20 Å². The molecule has 0 saturated heterocycles. The molecule has 0 fully saturated rings. The predicted molar refractivity (Wildman–Crippen MR) is 38.1 cm³/mol. The van der Waals surface area contributed by atoms with E-state index >= 15 is 0 Å². The molecule has 0 bridgehead atoms. The number of anilines is 1. The number of nitrogens with zero attached hydrogens (tertiary/aromatic N) is 1. The minimum atomic E-state index is 0. The van der Waals surface area contributed by atoms with E-state index in [4.69, 9.17) is 5.73 Å². The average Bonchev–Trinajstić information content (AvgIpc) is 1.83. The van der Waals surface area contributed by atoms with Gasteiger partial charge >= 0.3 is 0 Å². The second kappa shape index (κ2) is 3.86. The Morgan fingerprint density at radius 3 is 2.40 bits per heavy atom. The largest absolute Gasteiger partial charge is 0.383 e. The summed E-state index contributed by atoms with van der Waals surface area (Å²) in [6.07, 6.45) is 1.72. The molecule has 0 amide bonds. The van der Waals surface area contributed by atoms with Gasteiger partial charge in [-0.1, -0.05) is 0 Å².